The number of amides is 2. The molecular weight excluding hydrogens is 319 g/mol. The summed E-state index contributed by atoms with van der Waals surface area (Å²) in [5, 5.41) is 20.6. The number of hydrogen-bond donors (Lipinski definition) is 3. The van der Waals surface area contributed by atoms with Crippen molar-refractivity contribution in [3.05, 3.63) is 27.7 Å². The molecule has 3 N–H and O–H groups in total. The van der Waals surface area contributed by atoms with Gasteiger partial charge in [0, 0.05) is 24.7 Å². The molecule has 0 saturated carbocycles. The van der Waals surface area contributed by atoms with Crippen LogP contribution in [0.5, 0.6) is 0 Å². The zero-order chi connectivity index (χ0) is 16.0. The predicted octanol–water partition coefficient (Wildman–Crippen LogP) is 2.93. The molecule has 0 spiro atoms. The number of carboxylic acid groups (broad SMARTS) is 1. The number of aromatic carboxylic acids is 1. The molecule has 0 aliphatic carbocycles. The number of carbonyl (C=O) groups is 2. The Kier molecular flexibility index (Phi) is 6.74. The van der Waals surface area contributed by atoms with Crippen molar-refractivity contribution in [1.29, 1.82) is 0 Å². The fourth-order valence-electron chi connectivity index (χ4n) is 1.72. The third-order valence-electron chi connectivity index (χ3n) is 2.77. The molecule has 1 rings (SSSR count). The van der Waals surface area contributed by atoms with Gasteiger partial charge in [-0.15, -0.1) is 0 Å². The molecule has 8 heteroatoms. The molecule has 6 nitrogen and oxygen atoms in total. The molecule has 0 aliphatic rings. The minimum Gasteiger partial charge on any atom is -0.478 e. The van der Waals surface area contributed by atoms with E-state index in [1.807, 2.05) is 0 Å². The molecule has 0 aliphatic heterocycles. The number of hydrogen-bond acceptors (Lipinski definition) is 3. The second-order valence-corrected chi connectivity index (χ2v) is 5.05. The molecule has 116 valence electrons. The van der Waals surface area contributed by atoms with Crippen LogP contribution in [0.1, 0.15) is 23.7 Å². The maximum Gasteiger partial charge on any atom is 0.337 e. The Morgan fingerprint density at radius 2 is 2.00 bits per heavy atom. The minimum absolute atomic E-state index is 0.000940. The number of halogens is 2. The highest BCUT2D eigenvalue weighted by atomic mass is 35.5. The lowest BCUT2D eigenvalue weighted by atomic mass is 10.2. The Hall–Kier alpha value is -1.50. The summed E-state index contributed by atoms with van der Waals surface area (Å²) in [7, 11) is 0. The number of urea groups is 1. The molecule has 2 amide bonds. The lowest BCUT2D eigenvalue weighted by Gasteiger charge is -2.22. The van der Waals surface area contributed by atoms with Gasteiger partial charge in [0.15, 0.2) is 0 Å². The van der Waals surface area contributed by atoms with Crippen LogP contribution in [0.15, 0.2) is 12.1 Å². The van der Waals surface area contributed by atoms with Gasteiger partial charge in [-0.1, -0.05) is 23.2 Å². The fourth-order valence-corrected chi connectivity index (χ4v) is 2.26. The van der Waals surface area contributed by atoms with Crippen LogP contribution in [-0.4, -0.2) is 46.8 Å². The number of carboxylic acids is 1. The molecule has 0 atom stereocenters. The number of aliphatic hydroxyl groups is 1. The van der Waals surface area contributed by atoms with Crippen LogP contribution >= 0.6 is 23.2 Å². The first-order valence-electron chi connectivity index (χ1n) is 6.29. The zero-order valence-electron chi connectivity index (χ0n) is 11.4. The number of anilines is 1. The van der Waals surface area contributed by atoms with Gasteiger partial charge in [0.1, 0.15) is 0 Å². The van der Waals surface area contributed by atoms with Crippen molar-refractivity contribution >= 4 is 40.9 Å². The van der Waals surface area contributed by atoms with E-state index < -0.39 is 12.0 Å². The lowest BCUT2D eigenvalue weighted by molar-refractivity contribution is 0.0698. The smallest absolute Gasteiger partial charge is 0.337 e. The second-order valence-electron chi connectivity index (χ2n) is 4.20. The van der Waals surface area contributed by atoms with E-state index in [2.05, 4.69) is 5.32 Å². The van der Waals surface area contributed by atoms with Gasteiger partial charge in [-0.2, -0.15) is 0 Å². The first kappa shape index (κ1) is 17.6. The van der Waals surface area contributed by atoms with E-state index in [1.54, 1.807) is 6.92 Å². The maximum absolute atomic E-state index is 12.1. The van der Waals surface area contributed by atoms with Crippen molar-refractivity contribution in [2.24, 2.45) is 0 Å². The van der Waals surface area contributed by atoms with Gasteiger partial charge < -0.3 is 20.4 Å². The SMILES string of the molecule is CCN(CCCO)C(=O)Nc1c(Cl)cc(Cl)cc1C(=O)O. The standard InChI is InChI=1S/C13H16Cl2N2O4/c1-2-17(4-3-5-18)13(21)16-11-9(12(19)20)6-8(14)7-10(11)15/h6-7,18H,2-5H2,1H3,(H,16,21)(H,19,20). The summed E-state index contributed by atoms with van der Waals surface area (Å²) < 4.78 is 0. The third-order valence-corrected chi connectivity index (χ3v) is 3.29. The summed E-state index contributed by atoms with van der Waals surface area (Å²) in [4.78, 5) is 24.8. The molecule has 0 bridgehead atoms. The van der Waals surface area contributed by atoms with Crippen LogP contribution < -0.4 is 5.32 Å². The average molecular weight is 335 g/mol. The first-order chi connectivity index (χ1) is 9.90. The second kappa shape index (κ2) is 8.07. The zero-order valence-corrected chi connectivity index (χ0v) is 12.9. The minimum atomic E-state index is -1.24. The predicted molar refractivity (Wildman–Crippen MR) is 81.4 cm³/mol. The van der Waals surface area contributed by atoms with Gasteiger partial charge in [-0.25, -0.2) is 9.59 Å². The number of carbonyl (C=O) groups excluding carboxylic acids is 1. The summed E-state index contributed by atoms with van der Waals surface area (Å²) >= 11 is 11.7. The molecule has 0 unspecified atom stereocenters. The van der Waals surface area contributed by atoms with Gasteiger partial charge in [0.25, 0.3) is 0 Å². The molecule has 0 fully saturated rings. The topological polar surface area (TPSA) is 89.9 Å². The van der Waals surface area contributed by atoms with Crippen LogP contribution in [0.25, 0.3) is 0 Å². The summed E-state index contributed by atoms with van der Waals surface area (Å²) in [5.74, 6) is -1.24. The Morgan fingerprint density at radius 1 is 1.33 bits per heavy atom. The number of rotatable bonds is 6. The Bertz CT molecular complexity index is 537. The van der Waals surface area contributed by atoms with E-state index in [9.17, 15) is 9.59 Å². The number of benzene rings is 1. The summed E-state index contributed by atoms with van der Waals surface area (Å²) in [6, 6.07) is 2.09. The van der Waals surface area contributed by atoms with Gasteiger partial charge in [-0.3, -0.25) is 0 Å². The van der Waals surface area contributed by atoms with Gasteiger partial charge in [0.2, 0.25) is 0 Å². The molecule has 21 heavy (non-hydrogen) atoms. The van der Waals surface area contributed by atoms with E-state index in [4.69, 9.17) is 33.4 Å². The normalized spacial score (nSPS) is 10.3. The van der Waals surface area contributed by atoms with Crippen molar-refractivity contribution in [1.82, 2.24) is 4.90 Å². The summed E-state index contributed by atoms with van der Waals surface area (Å²) in [5.41, 5.74) is -0.180. The van der Waals surface area contributed by atoms with Gasteiger partial charge >= 0.3 is 12.0 Å². The highest BCUT2D eigenvalue weighted by molar-refractivity contribution is 6.37. The largest absolute Gasteiger partial charge is 0.478 e. The quantitative estimate of drug-likeness (QED) is 0.746. The number of nitrogens with zero attached hydrogens (tertiary/aromatic N) is 1. The van der Waals surface area contributed by atoms with E-state index in [0.717, 1.165) is 0 Å². The van der Waals surface area contributed by atoms with Crippen LogP contribution in [-0.2, 0) is 0 Å². The van der Waals surface area contributed by atoms with Crippen molar-refractivity contribution in [2.45, 2.75) is 13.3 Å². The summed E-state index contributed by atoms with van der Waals surface area (Å²) in [6.07, 6.45) is 0.432. The van der Waals surface area contributed by atoms with Gasteiger partial charge in [-0.05, 0) is 25.5 Å². The van der Waals surface area contributed by atoms with Crippen molar-refractivity contribution in [3.8, 4) is 0 Å². The van der Waals surface area contributed by atoms with Crippen molar-refractivity contribution in [2.75, 3.05) is 25.0 Å². The number of aliphatic hydroxyl groups excluding tert-OH is 1. The Balaban J connectivity index is 3.01. The molecule has 0 saturated heterocycles. The van der Waals surface area contributed by atoms with Crippen LogP contribution in [0, 0.1) is 0 Å². The van der Waals surface area contributed by atoms with Crippen LogP contribution in [0.4, 0.5) is 10.5 Å². The van der Waals surface area contributed by atoms with Crippen LogP contribution in [0.3, 0.4) is 0 Å². The van der Waals surface area contributed by atoms with Crippen molar-refractivity contribution in [3.63, 3.8) is 0 Å². The fraction of sp³-hybridized carbons (Fsp3) is 0.385. The van der Waals surface area contributed by atoms with E-state index in [1.165, 1.54) is 17.0 Å². The third kappa shape index (κ3) is 4.77. The highest BCUT2D eigenvalue weighted by Gasteiger charge is 2.19. The first-order valence-corrected chi connectivity index (χ1v) is 7.05. The lowest BCUT2D eigenvalue weighted by Crippen LogP contribution is -2.36. The van der Waals surface area contributed by atoms with Crippen LogP contribution in [0.2, 0.25) is 10.0 Å². The van der Waals surface area contributed by atoms with E-state index in [-0.39, 0.29) is 27.9 Å². The molecule has 0 radical (unpaired) electrons. The number of nitrogens with one attached hydrogen (secondary N) is 1. The van der Waals surface area contributed by atoms with Gasteiger partial charge in [0.05, 0.1) is 16.3 Å². The average Bonchev–Trinajstić information content (AvgIpc) is 2.42. The molecule has 1 aromatic carbocycles. The van der Waals surface area contributed by atoms with Crippen molar-refractivity contribution < 1.29 is 19.8 Å². The Morgan fingerprint density at radius 3 is 2.52 bits per heavy atom. The van der Waals surface area contributed by atoms with E-state index >= 15 is 0 Å². The molecule has 0 heterocycles. The molecular formula is C13H16Cl2N2O4. The molecule has 1 aromatic rings. The van der Waals surface area contributed by atoms with E-state index in [0.29, 0.717) is 19.5 Å². The highest BCUT2D eigenvalue weighted by Crippen LogP contribution is 2.30. The molecule has 0 aromatic heterocycles. The maximum atomic E-state index is 12.1. The monoisotopic (exact) mass is 334 g/mol. The summed E-state index contributed by atoms with van der Waals surface area (Å²) in [6.45, 7) is 2.51. The Labute approximate surface area is 132 Å².